The maximum atomic E-state index is 13.2. The molecule has 1 amide bonds. The number of anilines is 1. The molecular weight excluding hydrogens is 464 g/mol. The normalized spacial score (nSPS) is 27.8. The summed E-state index contributed by atoms with van der Waals surface area (Å²) in [5, 5.41) is 10.1. The number of alkyl halides is 1. The molecule has 0 aromatic carbocycles. The summed E-state index contributed by atoms with van der Waals surface area (Å²) in [6.07, 6.45) is 5.66. The van der Waals surface area contributed by atoms with Crippen LogP contribution in [0, 0.1) is 11.3 Å². The van der Waals surface area contributed by atoms with Crippen molar-refractivity contribution in [2.75, 3.05) is 16.8 Å². The van der Waals surface area contributed by atoms with Crippen molar-refractivity contribution >= 4 is 51.8 Å². The number of nitriles is 1. The quantitative estimate of drug-likeness (QED) is 0.503. The minimum Gasteiger partial charge on any atom is -0.377 e. The standard InChI is InChI=1S/C19H24BrClN4O2S/c1-19(2)17(26)24(13-9-15(21)16(10-22)23-11-13)18(28)25(19)12-3-5-14(6-4-12)27-8-7-20/h9,11-12,14,18,28H,3-8H2,1-2H3. The number of ether oxygens (including phenoxy) is 1. The number of halogens is 2. The van der Waals surface area contributed by atoms with Crippen LogP contribution in [0.4, 0.5) is 5.69 Å². The predicted octanol–water partition coefficient (Wildman–Crippen LogP) is 3.97. The average molecular weight is 488 g/mol. The minimum absolute atomic E-state index is 0.0484. The summed E-state index contributed by atoms with van der Waals surface area (Å²) >= 11 is 14.3. The first kappa shape index (κ1) is 21.8. The van der Waals surface area contributed by atoms with E-state index < -0.39 is 11.0 Å². The van der Waals surface area contributed by atoms with E-state index in [0.717, 1.165) is 37.6 Å². The van der Waals surface area contributed by atoms with Crippen LogP contribution in [-0.4, -0.2) is 50.9 Å². The van der Waals surface area contributed by atoms with Crippen molar-refractivity contribution < 1.29 is 9.53 Å². The van der Waals surface area contributed by atoms with Crippen molar-refractivity contribution in [1.82, 2.24) is 9.88 Å². The second kappa shape index (κ2) is 8.88. The van der Waals surface area contributed by atoms with Crippen LogP contribution >= 0.6 is 40.2 Å². The number of thiol groups is 1. The Morgan fingerprint density at radius 2 is 2.11 bits per heavy atom. The van der Waals surface area contributed by atoms with E-state index in [4.69, 9.17) is 34.2 Å². The summed E-state index contributed by atoms with van der Waals surface area (Å²) < 4.78 is 5.86. The Labute approximate surface area is 184 Å². The van der Waals surface area contributed by atoms with Crippen molar-refractivity contribution in [3.63, 3.8) is 0 Å². The van der Waals surface area contributed by atoms with Gasteiger partial charge in [-0.15, -0.1) is 12.6 Å². The Bertz CT molecular complexity index is 780. The summed E-state index contributed by atoms with van der Waals surface area (Å²) in [4.78, 5) is 21.1. The number of nitrogens with zero attached hydrogens (tertiary/aromatic N) is 4. The molecule has 0 spiro atoms. The third-order valence-corrected chi connectivity index (χ3v) is 6.64. The molecular formula is C19H24BrClN4O2S. The van der Waals surface area contributed by atoms with Gasteiger partial charge in [0.2, 0.25) is 5.91 Å². The molecule has 2 heterocycles. The predicted molar refractivity (Wildman–Crippen MR) is 116 cm³/mol. The van der Waals surface area contributed by atoms with Gasteiger partial charge in [0, 0.05) is 11.4 Å². The second-order valence-corrected chi connectivity index (χ2v) is 9.28. The first-order valence-corrected chi connectivity index (χ1v) is 11.4. The highest BCUT2D eigenvalue weighted by Crippen LogP contribution is 2.41. The highest BCUT2D eigenvalue weighted by atomic mass is 79.9. The lowest BCUT2D eigenvalue weighted by Gasteiger charge is -2.41. The molecule has 28 heavy (non-hydrogen) atoms. The van der Waals surface area contributed by atoms with Crippen molar-refractivity contribution in [3.8, 4) is 6.07 Å². The molecule has 3 rings (SSSR count). The van der Waals surface area contributed by atoms with Crippen LogP contribution in [-0.2, 0) is 9.53 Å². The van der Waals surface area contributed by atoms with Crippen molar-refractivity contribution in [3.05, 3.63) is 23.0 Å². The van der Waals surface area contributed by atoms with E-state index in [-0.39, 0.29) is 28.8 Å². The van der Waals surface area contributed by atoms with Gasteiger partial charge in [-0.05, 0) is 45.6 Å². The molecule has 1 unspecified atom stereocenters. The fourth-order valence-electron chi connectivity index (χ4n) is 4.16. The van der Waals surface area contributed by atoms with E-state index in [2.05, 4.69) is 25.8 Å². The first-order valence-electron chi connectivity index (χ1n) is 9.34. The summed E-state index contributed by atoms with van der Waals surface area (Å²) in [7, 11) is 0. The molecule has 9 heteroatoms. The zero-order valence-corrected chi connectivity index (χ0v) is 19.2. The molecule has 6 nitrogen and oxygen atoms in total. The molecule has 2 fully saturated rings. The van der Waals surface area contributed by atoms with Gasteiger partial charge >= 0.3 is 0 Å². The molecule has 1 aromatic heterocycles. The second-order valence-electron chi connectivity index (χ2n) is 7.61. The van der Waals surface area contributed by atoms with Gasteiger partial charge in [-0.2, -0.15) is 5.26 Å². The van der Waals surface area contributed by atoms with Gasteiger partial charge in [-0.25, -0.2) is 4.98 Å². The zero-order valence-electron chi connectivity index (χ0n) is 15.9. The highest BCUT2D eigenvalue weighted by molar-refractivity contribution is 9.09. The third kappa shape index (κ3) is 4.05. The molecule has 0 bridgehead atoms. The fourth-order valence-corrected chi connectivity index (χ4v) is 5.27. The maximum Gasteiger partial charge on any atom is 0.249 e. The number of hydrogen-bond acceptors (Lipinski definition) is 6. The lowest BCUT2D eigenvalue weighted by molar-refractivity contribution is -0.124. The molecule has 152 valence electrons. The summed E-state index contributed by atoms with van der Waals surface area (Å²) in [5.41, 5.74) is -0.413. The molecule has 1 atom stereocenters. The number of carbonyl (C=O) groups excluding carboxylic acids is 1. The number of carbonyl (C=O) groups is 1. The van der Waals surface area contributed by atoms with E-state index in [1.807, 2.05) is 19.9 Å². The van der Waals surface area contributed by atoms with Gasteiger partial charge < -0.3 is 4.74 Å². The van der Waals surface area contributed by atoms with Gasteiger partial charge in [0.05, 0.1) is 35.2 Å². The van der Waals surface area contributed by atoms with Crippen molar-refractivity contribution in [1.29, 1.82) is 5.26 Å². The van der Waals surface area contributed by atoms with E-state index >= 15 is 0 Å². The molecule has 2 aliphatic rings. The number of hydrogen-bond donors (Lipinski definition) is 1. The van der Waals surface area contributed by atoms with Gasteiger partial charge in [0.25, 0.3) is 0 Å². The van der Waals surface area contributed by atoms with Gasteiger partial charge in [-0.1, -0.05) is 27.5 Å². The number of aromatic nitrogens is 1. The molecule has 1 saturated heterocycles. The van der Waals surface area contributed by atoms with Gasteiger partial charge in [0.15, 0.2) is 5.69 Å². The van der Waals surface area contributed by atoms with Crippen LogP contribution in [0.3, 0.4) is 0 Å². The molecule has 1 saturated carbocycles. The van der Waals surface area contributed by atoms with Crippen LogP contribution in [0.25, 0.3) is 0 Å². The number of pyridine rings is 1. The topological polar surface area (TPSA) is 69.5 Å². The molecule has 0 radical (unpaired) electrons. The van der Waals surface area contributed by atoms with E-state index in [0.29, 0.717) is 5.69 Å². The molecule has 1 aromatic rings. The highest BCUT2D eigenvalue weighted by Gasteiger charge is 2.54. The van der Waals surface area contributed by atoms with Crippen LogP contribution in [0.15, 0.2) is 12.3 Å². The van der Waals surface area contributed by atoms with Crippen LogP contribution in [0.1, 0.15) is 45.2 Å². The first-order chi connectivity index (χ1) is 13.3. The Hall–Kier alpha value is -0.850. The Morgan fingerprint density at radius 3 is 2.68 bits per heavy atom. The summed E-state index contributed by atoms with van der Waals surface area (Å²) in [6.45, 7) is 4.59. The van der Waals surface area contributed by atoms with E-state index in [1.54, 1.807) is 11.0 Å². The summed E-state index contributed by atoms with van der Waals surface area (Å²) in [6, 6.07) is 3.80. The summed E-state index contributed by atoms with van der Waals surface area (Å²) in [5.74, 6) is -0.0484. The van der Waals surface area contributed by atoms with E-state index in [9.17, 15) is 4.79 Å². The van der Waals surface area contributed by atoms with E-state index in [1.165, 1.54) is 6.20 Å². The number of rotatable bonds is 5. The lowest BCUT2D eigenvalue weighted by atomic mass is 9.89. The SMILES string of the molecule is CC1(C)C(=O)N(c2cnc(C#N)c(Cl)c2)C(S)N1C1CCC(OCCBr)CC1. The molecule has 0 N–H and O–H groups in total. The maximum absolute atomic E-state index is 13.2. The average Bonchev–Trinajstić information content (AvgIpc) is 2.85. The lowest BCUT2D eigenvalue weighted by Crippen LogP contribution is -2.52. The minimum atomic E-state index is -0.693. The number of amides is 1. The van der Waals surface area contributed by atoms with Gasteiger partial charge in [0.1, 0.15) is 11.6 Å². The largest absolute Gasteiger partial charge is 0.377 e. The van der Waals surface area contributed by atoms with Crippen LogP contribution in [0.5, 0.6) is 0 Å². The molecule has 1 aliphatic carbocycles. The Balaban J connectivity index is 1.80. The smallest absolute Gasteiger partial charge is 0.249 e. The van der Waals surface area contributed by atoms with Crippen molar-refractivity contribution in [2.24, 2.45) is 0 Å². The Kier molecular flexibility index (Phi) is 6.93. The van der Waals surface area contributed by atoms with Crippen molar-refractivity contribution in [2.45, 2.75) is 62.7 Å². The molecule has 1 aliphatic heterocycles. The Morgan fingerprint density at radius 1 is 1.43 bits per heavy atom. The van der Waals surface area contributed by atoms with Crippen LogP contribution < -0.4 is 4.90 Å². The van der Waals surface area contributed by atoms with Crippen LogP contribution in [0.2, 0.25) is 5.02 Å². The van der Waals surface area contributed by atoms with Gasteiger partial charge in [-0.3, -0.25) is 14.6 Å². The zero-order chi connectivity index (χ0) is 20.5. The third-order valence-electron chi connectivity index (χ3n) is 5.55. The monoisotopic (exact) mass is 486 g/mol. The fraction of sp³-hybridized carbons (Fsp3) is 0.632.